The highest BCUT2D eigenvalue weighted by atomic mass is 79.9. The van der Waals surface area contributed by atoms with E-state index in [1.807, 2.05) is 0 Å². The van der Waals surface area contributed by atoms with Crippen LogP contribution in [-0.4, -0.2) is 34.0 Å². The molecule has 0 aliphatic heterocycles. The number of benzene rings is 1. The maximum Gasteiger partial charge on any atom is 0.416 e. The molecular weight excluding hydrogens is 445 g/mol. The summed E-state index contributed by atoms with van der Waals surface area (Å²) in [5.41, 5.74) is -2.76. The predicted octanol–water partition coefficient (Wildman–Crippen LogP) is 2.52. The van der Waals surface area contributed by atoms with E-state index in [0.717, 1.165) is 10.7 Å². The molecule has 28 heavy (non-hydrogen) atoms. The highest BCUT2D eigenvalue weighted by molar-refractivity contribution is 9.10. The van der Waals surface area contributed by atoms with Crippen molar-refractivity contribution in [1.82, 2.24) is 19.7 Å². The number of carbonyl (C=O) groups is 1. The van der Waals surface area contributed by atoms with Crippen molar-refractivity contribution in [2.75, 3.05) is 13.7 Å². The average Bonchev–Trinajstić information content (AvgIpc) is 2.85. The van der Waals surface area contributed by atoms with Crippen LogP contribution in [0.3, 0.4) is 0 Å². The molecule has 7 nitrogen and oxygen atoms in total. The van der Waals surface area contributed by atoms with Gasteiger partial charge in [-0.2, -0.15) is 13.2 Å². The molecule has 1 aromatic carbocycles. The second-order valence-corrected chi connectivity index (χ2v) is 7.28. The Morgan fingerprint density at radius 3 is 2.43 bits per heavy atom. The number of amides is 1. The minimum atomic E-state index is -4.56. The highest BCUT2D eigenvalue weighted by Crippen LogP contribution is 2.36. The summed E-state index contributed by atoms with van der Waals surface area (Å²) < 4.78 is 47.2. The fourth-order valence-electron chi connectivity index (χ4n) is 2.75. The number of alkyl halides is 3. The summed E-state index contributed by atoms with van der Waals surface area (Å²) in [6.45, 7) is 3.01. The molecule has 2 rings (SSSR count). The normalized spacial score (nSPS) is 12.2. The van der Waals surface area contributed by atoms with E-state index in [1.54, 1.807) is 0 Å². The van der Waals surface area contributed by atoms with Crippen LogP contribution in [0.15, 0.2) is 33.8 Å². The third-order valence-corrected chi connectivity index (χ3v) is 4.63. The first kappa shape index (κ1) is 22.2. The van der Waals surface area contributed by atoms with Crippen LogP contribution < -0.4 is 11.0 Å². The quantitative estimate of drug-likeness (QED) is 0.682. The number of rotatable bonds is 7. The van der Waals surface area contributed by atoms with Crippen molar-refractivity contribution in [3.63, 3.8) is 0 Å². The summed E-state index contributed by atoms with van der Waals surface area (Å²) in [5.74, 6) is -0.645. The van der Waals surface area contributed by atoms with E-state index < -0.39 is 35.4 Å². The minimum absolute atomic E-state index is 0.0741. The Morgan fingerprint density at radius 1 is 1.25 bits per heavy atom. The van der Waals surface area contributed by atoms with Crippen molar-refractivity contribution >= 4 is 21.8 Å². The third-order valence-electron chi connectivity index (χ3n) is 4.05. The zero-order valence-electron chi connectivity index (χ0n) is 15.5. The molecule has 2 aromatic rings. The van der Waals surface area contributed by atoms with E-state index in [2.05, 4.69) is 26.3 Å². The maximum atomic E-state index is 13.3. The molecule has 0 atom stereocenters. The van der Waals surface area contributed by atoms with Gasteiger partial charge in [-0.3, -0.25) is 9.36 Å². The molecule has 0 fully saturated rings. The lowest BCUT2D eigenvalue weighted by Crippen LogP contribution is -2.45. The van der Waals surface area contributed by atoms with Gasteiger partial charge >= 0.3 is 11.9 Å². The zero-order valence-corrected chi connectivity index (χ0v) is 17.1. The molecule has 154 valence electrons. The fourth-order valence-corrected chi connectivity index (χ4v) is 3.28. The van der Waals surface area contributed by atoms with E-state index >= 15 is 0 Å². The van der Waals surface area contributed by atoms with Gasteiger partial charge in [0.2, 0.25) is 10.6 Å². The zero-order chi connectivity index (χ0) is 21.1. The molecule has 1 N–H and O–H groups in total. The minimum Gasteiger partial charge on any atom is -0.383 e. The van der Waals surface area contributed by atoms with E-state index in [4.69, 9.17) is 4.74 Å². The summed E-state index contributed by atoms with van der Waals surface area (Å²) in [4.78, 5) is 24.7. The largest absolute Gasteiger partial charge is 0.416 e. The van der Waals surface area contributed by atoms with Crippen molar-refractivity contribution in [3.05, 3.63) is 50.6 Å². The van der Waals surface area contributed by atoms with E-state index in [9.17, 15) is 22.8 Å². The van der Waals surface area contributed by atoms with Gasteiger partial charge in [0, 0.05) is 7.11 Å². The van der Waals surface area contributed by atoms with Crippen LogP contribution in [0.2, 0.25) is 0 Å². The number of methoxy groups -OCH3 is 1. The van der Waals surface area contributed by atoms with Crippen molar-refractivity contribution in [3.8, 4) is 0 Å². The van der Waals surface area contributed by atoms with Gasteiger partial charge in [-0.15, -0.1) is 5.10 Å². The third kappa shape index (κ3) is 5.02. The molecule has 0 aliphatic carbocycles. The number of hydrogen-bond donors (Lipinski definition) is 1. The number of nitrogens with zero attached hydrogens (tertiary/aromatic N) is 3. The summed E-state index contributed by atoms with van der Waals surface area (Å²) in [7, 11) is 1.48. The molecule has 1 heterocycles. The molecule has 0 saturated heterocycles. The second-order valence-electron chi connectivity index (χ2n) is 6.57. The Bertz CT molecular complexity index is 906. The topological polar surface area (TPSA) is 78.2 Å². The van der Waals surface area contributed by atoms with Gasteiger partial charge in [-0.05, 0) is 41.4 Å². The van der Waals surface area contributed by atoms with Crippen molar-refractivity contribution < 1.29 is 22.7 Å². The molecule has 0 radical (unpaired) electrons. The molecule has 0 spiro atoms. The number of nitrogens with one attached hydrogen (secondary N) is 1. The number of carbonyl (C=O) groups excluding carboxylic acids is 1. The van der Waals surface area contributed by atoms with E-state index in [0.29, 0.717) is 0 Å². The van der Waals surface area contributed by atoms with E-state index in [-0.39, 0.29) is 23.4 Å². The van der Waals surface area contributed by atoms with Gasteiger partial charge in [-0.25, -0.2) is 9.48 Å². The number of hydrogen-bond acceptors (Lipinski definition) is 4. The Morgan fingerprint density at radius 2 is 1.86 bits per heavy atom. The van der Waals surface area contributed by atoms with Crippen LogP contribution in [-0.2, 0) is 34.3 Å². The highest BCUT2D eigenvalue weighted by Gasteiger charge is 2.38. The smallest absolute Gasteiger partial charge is 0.383 e. The van der Waals surface area contributed by atoms with Crippen molar-refractivity contribution in [2.45, 2.75) is 38.7 Å². The first-order chi connectivity index (χ1) is 13.0. The first-order valence-corrected chi connectivity index (χ1v) is 9.06. The van der Waals surface area contributed by atoms with Crippen LogP contribution in [0.5, 0.6) is 0 Å². The molecular formula is C17H20BrF3N4O3. The van der Waals surface area contributed by atoms with Gasteiger partial charge in [0.05, 0.1) is 24.3 Å². The van der Waals surface area contributed by atoms with Gasteiger partial charge in [-0.1, -0.05) is 18.2 Å². The Labute approximate surface area is 167 Å². The predicted molar refractivity (Wildman–Crippen MR) is 98.7 cm³/mol. The van der Waals surface area contributed by atoms with Crippen LogP contribution in [0.1, 0.15) is 25.0 Å². The molecule has 11 heteroatoms. The molecule has 0 bridgehead atoms. The number of halogens is 4. The molecule has 1 aromatic heterocycles. The Hall–Kier alpha value is -2.14. The lowest BCUT2D eigenvalue weighted by molar-refractivity contribution is -0.139. The molecule has 0 unspecified atom stereocenters. The first-order valence-electron chi connectivity index (χ1n) is 8.27. The lowest BCUT2D eigenvalue weighted by atomic mass is 9.89. The molecule has 0 saturated carbocycles. The van der Waals surface area contributed by atoms with Gasteiger partial charge in [0.25, 0.3) is 0 Å². The van der Waals surface area contributed by atoms with Crippen molar-refractivity contribution in [2.24, 2.45) is 0 Å². The average molecular weight is 465 g/mol. The number of aromatic nitrogens is 3. The monoisotopic (exact) mass is 464 g/mol. The van der Waals surface area contributed by atoms with Gasteiger partial charge in [0.1, 0.15) is 6.54 Å². The van der Waals surface area contributed by atoms with Crippen LogP contribution in [0.4, 0.5) is 13.2 Å². The number of ether oxygens (including phenoxy) is 1. The second kappa shape index (κ2) is 8.48. The van der Waals surface area contributed by atoms with Crippen LogP contribution in [0.25, 0.3) is 0 Å². The van der Waals surface area contributed by atoms with Gasteiger partial charge in [0.15, 0.2) is 0 Å². The Balaban J connectivity index is 2.21. The lowest BCUT2D eigenvalue weighted by Gasteiger charge is -2.29. The van der Waals surface area contributed by atoms with Crippen molar-refractivity contribution in [1.29, 1.82) is 0 Å². The summed E-state index contributed by atoms with van der Waals surface area (Å²) in [6, 6.07) is 5.03. The molecule has 1 amide bonds. The van der Waals surface area contributed by atoms with Crippen LogP contribution >= 0.6 is 15.9 Å². The summed E-state index contributed by atoms with van der Waals surface area (Å²) >= 11 is 3.14. The standard InChI is InChI=1S/C17H20BrF3N4O3/c1-16(2,11-6-4-5-7-12(11)17(19,20)21)22-13(26)10-25-15(27)24(8-9-28-3)14(18)23-25/h4-7H,8-10H2,1-3H3,(H,22,26). The molecule has 0 aliphatic rings. The maximum absolute atomic E-state index is 13.3. The van der Waals surface area contributed by atoms with Gasteiger partial charge < -0.3 is 10.1 Å². The fraction of sp³-hybridized carbons (Fsp3) is 0.471. The van der Waals surface area contributed by atoms with Crippen LogP contribution in [0, 0.1) is 0 Å². The SMILES string of the molecule is COCCn1c(Br)nn(CC(=O)NC(C)(C)c2ccccc2C(F)(F)F)c1=O. The van der Waals surface area contributed by atoms with E-state index in [1.165, 1.54) is 43.7 Å². The summed E-state index contributed by atoms with van der Waals surface area (Å²) in [6.07, 6.45) is -4.56. The summed E-state index contributed by atoms with van der Waals surface area (Å²) in [5, 5.41) is 6.49. The Kier molecular flexibility index (Phi) is 6.71.